The second-order valence-corrected chi connectivity index (χ2v) is 2.93. The van der Waals surface area contributed by atoms with E-state index < -0.39 is 0 Å². The number of halogens is 2. The standard InChI is InChI=1S/C5H4BrN5O.ClH/c6-4-8-1-2(9-4)10-5(7)11-3(1)12;/h(H4,7,8,9,10,11,12);1H. The summed E-state index contributed by atoms with van der Waals surface area (Å²) in [5.74, 6) is 0.0616. The van der Waals surface area contributed by atoms with Gasteiger partial charge in [0.2, 0.25) is 5.95 Å². The van der Waals surface area contributed by atoms with E-state index in [2.05, 4.69) is 35.9 Å². The van der Waals surface area contributed by atoms with Crippen LogP contribution >= 0.6 is 28.3 Å². The van der Waals surface area contributed by atoms with Crippen LogP contribution in [0.4, 0.5) is 5.95 Å². The Hall–Kier alpha value is -1.08. The first-order chi connectivity index (χ1) is 5.66. The largest absolute Gasteiger partial charge is 0.369 e. The van der Waals surface area contributed by atoms with Crippen LogP contribution in [0.1, 0.15) is 0 Å². The normalized spacial score (nSPS) is 9.92. The van der Waals surface area contributed by atoms with Gasteiger partial charge < -0.3 is 10.7 Å². The van der Waals surface area contributed by atoms with Gasteiger partial charge in [-0.2, -0.15) is 4.98 Å². The van der Waals surface area contributed by atoms with Crippen LogP contribution in [0.3, 0.4) is 0 Å². The molecule has 0 aliphatic heterocycles. The van der Waals surface area contributed by atoms with Gasteiger partial charge in [0.15, 0.2) is 15.9 Å². The summed E-state index contributed by atoms with van der Waals surface area (Å²) in [6.45, 7) is 0. The molecular weight excluding hydrogens is 261 g/mol. The predicted molar refractivity (Wildman–Crippen MR) is 53.9 cm³/mol. The number of hydrogen-bond donors (Lipinski definition) is 3. The molecule has 0 saturated heterocycles. The highest BCUT2D eigenvalue weighted by atomic mass is 79.9. The highest BCUT2D eigenvalue weighted by molar-refractivity contribution is 9.10. The number of aromatic amines is 2. The molecule has 0 aliphatic carbocycles. The number of aromatic nitrogens is 4. The average molecular weight is 266 g/mol. The molecule has 0 atom stereocenters. The maximum absolute atomic E-state index is 11.1. The van der Waals surface area contributed by atoms with E-state index in [4.69, 9.17) is 5.73 Å². The maximum atomic E-state index is 11.1. The minimum absolute atomic E-state index is 0. The van der Waals surface area contributed by atoms with Crippen molar-refractivity contribution in [3.8, 4) is 0 Å². The molecular formula is C5H5BrClN5O. The molecule has 2 heterocycles. The minimum atomic E-state index is -0.323. The van der Waals surface area contributed by atoms with Crippen LogP contribution in [0.2, 0.25) is 0 Å². The van der Waals surface area contributed by atoms with Crippen molar-refractivity contribution in [1.29, 1.82) is 0 Å². The summed E-state index contributed by atoms with van der Waals surface area (Å²) in [6, 6.07) is 0. The lowest BCUT2D eigenvalue weighted by atomic mass is 10.5. The zero-order chi connectivity index (χ0) is 8.72. The third-order valence-corrected chi connectivity index (χ3v) is 1.73. The predicted octanol–water partition coefficient (Wildman–Crippen LogP) is 0.413. The van der Waals surface area contributed by atoms with Gasteiger partial charge in [0.25, 0.3) is 5.56 Å². The van der Waals surface area contributed by atoms with Crippen molar-refractivity contribution in [2.45, 2.75) is 0 Å². The number of nitrogens with zero attached hydrogens (tertiary/aromatic N) is 2. The fraction of sp³-hybridized carbons (Fsp3) is 0. The number of nitrogen functional groups attached to an aromatic ring is 1. The average Bonchev–Trinajstić information content (AvgIpc) is 2.29. The summed E-state index contributed by atoms with van der Waals surface area (Å²) < 4.78 is 0.459. The topological polar surface area (TPSA) is 100 Å². The summed E-state index contributed by atoms with van der Waals surface area (Å²) in [4.78, 5) is 23.9. The quantitative estimate of drug-likeness (QED) is 0.601. The molecule has 13 heavy (non-hydrogen) atoms. The number of anilines is 1. The van der Waals surface area contributed by atoms with E-state index in [1.807, 2.05) is 0 Å². The SMILES string of the molecule is Cl.Nc1nc2nc(Br)[nH]c2c(=O)[nH]1. The minimum Gasteiger partial charge on any atom is -0.369 e. The summed E-state index contributed by atoms with van der Waals surface area (Å²) >= 11 is 3.08. The van der Waals surface area contributed by atoms with E-state index in [-0.39, 0.29) is 23.9 Å². The lowest BCUT2D eigenvalue weighted by molar-refractivity contribution is 1.17. The lowest BCUT2D eigenvalue weighted by Crippen LogP contribution is -2.10. The fourth-order valence-electron chi connectivity index (χ4n) is 0.896. The Morgan fingerprint density at radius 1 is 1.31 bits per heavy atom. The molecule has 0 aromatic carbocycles. The van der Waals surface area contributed by atoms with Crippen LogP contribution in [-0.4, -0.2) is 19.9 Å². The molecule has 0 bridgehead atoms. The number of hydrogen-bond acceptors (Lipinski definition) is 4. The lowest BCUT2D eigenvalue weighted by Gasteiger charge is -1.89. The molecule has 2 aromatic heterocycles. The molecule has 2 aromatic rings. The van der Waals surface area contributed by atoms with Crippen LogP contribution < -0.4 is 11.3 Å². The Labute approximate surface area is 86.5 Å². The molecule has 4 N–H and O–H groups in total. The van der Waals surface area contributed by atoms with Gasteiger partial charge in [-0.05, 0) is 15.9 Å². The van der Waals surface area contributed by atoms with Crippen molar-refractivity contribution in [3.05, 3.63) is 15.1 Å². The molecule has 0 spiro atoms. The Morgan fingerprint density at radius 2 is 2.00 bits per heavy atom. The summed E-state index contributed by atoms with van der Waals surface area (Å²) in [5, 5.41) is 0. The number of H-pyrrole nitrogens is 2. The van der Waals surface area contributed by atoms with E-state index in [1.165, 1.54) is 0 Å². The first-order valence-electron chi connectivity index (χ1n) is 3.08. The van der Waals surface area contributed by atoms with Gasteiger partial charge in [0, 0.05) is 0 Å². The summed E-state index contributed by atoms with van der Waals surface area (Å²) in [5.41, 5.74) is 5.60. The van der Waals surface area contributed by atoms with Crippen LogP contribution in [0.5, 0.6) is 0 Å². The highest BCUT2D eigenvalue weighted by Gasteiger charge is 2.05. The molecule has 6 nitrogen and oxygen atoms in total. The zero-order valence-corrected chi connectivity index (χ0v) is 8.57. The van der Waals surface area contributed by atoms with Crippen LogP contribution in [0, 0.1) is 0 Å². The highest BCUT2D eigenvalue weighted by Crippen LogP contribution is 2.08. The van der Waals surface area contributed by atoms with Crippen LogP contribution in [0.25, 0.3) is 11.2 Å². The van der Waals surface area contributed by atoms with Gasteiger partial charge in [0.05, 0.1) is 0 Å². The molecule has 0 fully saturated rings. The van der Waals surface area contributed by atoms with E-state index >= 15 is 0 Å². The van der Waals surface area contributed by atoms with Gasteiger partial charge in [-0.3, -0.25) is 9.78 Å². The Bertz CT molecular complexity index is 491. The van der Waals surface area contributed by atoms with Gasteiger partial charge in [-0.15, -0.1) is 12.4 Å². The zero-order valence-electron chi connectivity index (χ0n) is 6.17. The van der Waals surface area contributed by atoms with E-state index in [9.17, 15) is 4.79 Å². The molecule has 2 rings (SSSR count). The number of imidazole rings is 1. The molecule has 0 unspecified atom stereocenters. The van der Waals surface area contributed by atoms with Crippen molar-refractivity contribution in [2.24, 2.45) is 0 Å². The molecule has 0 radical (unpaired) electrons. The third kappa shape index (κ3) is 1.65. The van der Waals surface area contributed by atoms with Crippen molar-refractivity contribution in [1.82, 2.24) is 19.9 Å². The van der Waals surface area contributed by atoms with Gasteiger partial charge in [0.1, 0.15) is 0 Å². The first-order valence-corrected chi connectivity index (χ1v) is 3.87. The Kier molecular flexibility index (Phi) is 2.58. The smallest absolute Gasteiger partial charge is 0.278 e. The number of fused-ring (bicyclic) bond motifs is 1. The fourth-order valence-corrected chi connectivity index (χ4v) is 1.26. The monoisotopic (exact) mass is 265 g/mol. The number of nitrogens with one attached hydrogen (secondary N) is 2. The van der Waals surface area contributed by atoms with Gasteiger partial charge >= 0.3 is 0 Å². The molecule has 8 heteroatoms. The first kappa shape index (κ1) is 10.0. The Balaban J connectivity index is 0.000000845. The van der Waals surface area contributed by atoms with Gasteiger partial charge in [-0.25, -0.2) is 4.98 Å². The van der Waals surface area contributed by atoms with Crippen molar-refractivity contribution < 1.29 is 0 Å². The van der Waals surface area contributed by atoms with Crippen molar-refractivity contribution >= 4 is 45.4 Å². The number of rotatable bonds is 0. The Morgan fingerprint density at radius 3 is 2.69 bits per heavy atom. The second-order valence-electron chi connectivity index (χ2n) is 2.18. The van der Waals surface area contributed by atoms with Gasteiger partial charge in [-0.1, -0.05) is 0 Å². The molecule has 0 amide bonds. The van der Waals surface area contributed by atoms with Crippen molar-refractivity contribution in [3.63, 3.8) is 0 Å². The maximum Gasteiger partial charge on any atom is 0.278 e. The molecule has 70 valence electrons. The summed E-state index contributed by atoms with van der Waals surface area (Å²) in [6.07, 6.45) is 0. The van der Waals surface area contributed by atoms with E-state index in [1.54, 1.807) is 0 Å². The molecule has 0 saturated carbocycles. The van der Waals surface area contributed by atoms with E-state index in [0.29, 0.717) is 15.9 Å². The molecule has 0 aliphatic rings. The third-order valence-electron chi connectivity index (χ3n) is 1.35. The number of nitrogens with two attached hydrogens (primary N) is 1. The summed E-state index contributed by atoms with van der Waals surface area (Å²) in [7, 11) is 0. The van der Waals surface area contributed by atoms with Crippen molar-refractivity contribution in [2.75, 3.05) is 5.73 Å². The van der Waals surface area contributed by atoms with Crippen LogP contribution in [0.15, 0.2) is 9.53 Å². The second kappa shape index (κ2) is 3.35. The van der Waals surface area contributed by atoms with E-state index in [0.717, 1.165) is 0 Å². The van der Waals surface area contributed by atoms with Crippen LogP contribution in [-0.2, 0) is 0 Å².